The van der Waals surface area contributed by atoms with Gasteiger partial charge in [-0.25, -0.2) is 9.48 Å². The van der Waals surface area contributed by atoms with Crippen LogP contribution in [-0.4, -0.2) is 40.5 Å². The maximum atomic E-state index is 12.9. The van der Waals surface area contributed by atoms with Crippen LogP contribution in [0.1, 0.15) is 5.56 Å². The van der Waals surface area contributed by atoms with Gasteiger partial charge in [0.25, 0.3) is 5.56 Å². The second kappa shape index (κ2) is 6.50. The topological polar surface area (TPSA) is 63.4 Å². The number of benzene rings is 1. The minimum absolute atomic E-state index is 0.165. The van der Waals surface area contributed by atoms with Crippen LogP contribution in [0.3, 0.4) is 0 Å². The third-order valence-electron chi connectivity index (χ3n) is 4.42. The van der Waals surface area contributed by atoms with Crippen molar-refractivity contribution in [1.82, 2.24) is 14.3 Å². The molecule has 0 spiro atoms. The molecular formula is C16H18F3N5O2. The van der Waals surface area contributed by atoms with Crippen molar-refractivity contribution in [2.24, 2.45) is 14.1 Å². The monoisotopic (exact) mass is 369 g/mol. The van der Waals surface area contributed by atoms with Gasteiger partial charge >= 0.3 is 11.9 Å². The Balaban J connectivity index is 1.79. The summed E-state index contributed by atoms with van der Waals surface area (Å²) in [6.45, 7) is 1.71. The van der Waals surface area contributed by atoms with Crippen molar-refractivity contribution in [2.75, 3.05) is 36.0 Å². The summed E-state index contributed by atoms with van der Waals surface area (Å²) in [5.41, 5.74) is -1.20. The predicted octanol–water partition coefficient (Wildman–Crippen LogP) is 0.824. The van der Waals surface area contributed by atoms with Gasteiger partial charge in [-0.2, -0.15) is 13.2 Å². The van der Waals surface area contributed by atoms with Crippen molar-refractivity contribution in [3.05, 3.63) is 50.7 Å². The molecule has 1 aliphatic rings. The number of aryl methyl sites for hydroxylation is 1. The fourth-order valence-corrected chi connectivity index (χ4v) is 2.94. The summed E-state index contributed by atoms with van der Waals surface area (Å²) in [6, 6.07) is 5.18. The number of hydrogen-bond acceptors (Lipinski definition) is 5. The van der Waals surface area contributed by atoms with Crippen LogP contribution < -0.4 is 21.0 Å². The molecule has 0 amide bonds. The second-order valence-electron chi connectivity index (χ2n) is 6.12. The van der Waals surface area contributed by atoms with E-state index in [1.165, 1.54) is 20.2 Å². The first-order valence-corrected chi connectivity index (χ1v) is 8.00. The summed E-state index contributed by atoms with van der Waals surface area (Å²) in [6.07, 6.45) is -4.39. The number of alkyl halides is 3. The number of anilines is 2. The molecule has 2 aromatic rings. The molecule has 0 aliphatic carbocycles. The summed E-state index contributed by atoms with van der Waals surface area (Å²) in [5, 5.41) is 4.03. The average Bonchev–Trinajstić information content (AvgIpc) is 2.62. The molecule has 0 radical (unpaired) electrons. The van der Waals surface area contributed by atoms with Crippen molar-refractivity contribution in [3.63, 3.8) is 0 Å². The fraction of sp³-hybridized carbons (Fsp3) is 0.438. The lowest BCUT2D eigenvalue weighted by Crippen LogP contribution is -2.51. The first kappa shape index (κ1) is 18.0. The molecule has 7 nitrogen and oxygen atoms in total. The summed E-state index contributed by atoms with van der Waals surface area (Å²) in [5.74, 6) is 0.165. The van der Waals surface area contributed by atoms with Gasteiger partial charge in [-0.15, -0.1) is 5.10 Å². The zero-order valence-corrected chi connectivity index (χ0v) is 14.3. The van der Waals surface area contributed by atoms with E-state index in [-0.39, 0.29) is 5.82 Å². The largest absolute Gasteiger partial charge is 0.416 e. The van der Waals surface area contributed by atoms with Crippen LogP contribution in [0.15, 0.2) is 33.9 Å². The Morgan fingerprint density at radius 2 is 1.62 bits per heavy atom. The number of aromatic nitrogens is 3. The lowest BCUT2D eigenvalue weighted by Gasteiger charge is -2.36. The molecule has 10 heteroatoms. The molecule has 1 fully saturated rings. The van der Waals surface area contributed by atoms with E-state index >= 15 is 0 Å². The van der Waals surface area contributed by atoms with Crippen LogP contribution in [0.2, 0.25) is 0 Å². The number of hydrogen-bond donors (Lipinski definition) is 0. The Morgan fingerprint density at radius 3 is 2.23 bits per heavy atom. The predicted molar refractivity (Wildman–Crippen MR) is 90.6 cm³/mol. The summed E-state index contributed by atoms with van der Waals surface area (Å²) in [7, 11) is 2.85. The van der Waals surface area contributed by atoms with Gasteiger partial charge in [-0.3, -0.25) is 9.36 Å². The first-order chi connectivity index (χ1) is 12.2. The molecule has 140 valence electrons. The highest BCUT2D eigenvalue weighted by Gasteiger charge is 2.31. The SMILES string of the molecule is Cn1nc(N2CCN(c3cccc(C(F)(F)F)c3)CC2)c(=O)n(C)c1=O. The molecular weight excluding hydrogens is 351 g/mol. The standard InChI is InChI=1S/C16H18F3N5O2/c1-21-14(25)13(20-22(2)15(21)26)24-8-6-23(7-9-24)12-5-3-4-11(10-12)16(17,18)19/h3-5,10H,6-9H2,1-2H3. The molecule has 2 heterocycles. The van der Waals surface area contributed by atoms with Crippen molar-refractivity contribution in [2.45, 2.75) is 6.18 Å². The van der Waals surface area contributed by atoms with Crippen LogP contribution in [0.4, 0.5) is 24.7 Å². The third kappa shape index (κ3) is 3.31. The molecule has 0 unspecified atom stereocenters. The van der Waals surface area contributed by atoms with E-state index in [0.29, 0.717) is 31.9 Å². The van der Waals surface area contributed by atoms with E-state index in [4.69, 9.17) is 0 Å². The highest BCUT2D eigenvalue weighted by Crippen LogP contribution is 2.31. The third-order valence-corrected chi connectivity index (χ3v) is 4.42. The Morgan fingerprint density at radius 1 is 1.00 bits per heavy atom. The molecule has 0 bridgehead atoms. The van der Waals surface area contributed by atoms with Gasteiger partial charge in [-0.05, 0) is 18.2 Å². The van der Waals surface area contributed by atoms with E-state index < -0.39 is 23.0 Å². The van der Waals surface area contributed by atoms with Crippen LogP contribution in [0.25, 0.3) is 0 Å². The van der Waals surface area contributed by atoms with Gasteiger partial charge in [0, 0.05) is 46.0 Å². The van der Waals surface area contributed by atoms with Gasteiger partial charge in [-0.1, -0.05) is 6.07 Å². The van der Waals surface area contributed by atoms with Gasteiger partial charge in [0.2, 0.25) is 5.82 Å². The molecule has 26 heavy (non-hydrogen) atoms. The number of piperazine rings is 1. The number of nitrogens with zero attached hydrogens (tertiary/aromatic N) is 5. The summed E-state index contributed by atoms with van der Waals surface area (Å²) >= 11 is 0. The van der Waals surface area contributed by atoms with Crippen molar-refractivity contribution >= 4 is 11.5 Å². The second-order valence-corrected chi connectivity index (χ2v) is 6.12. The quantitative estimate of drug-likeness (QED) is 0.785. The Hall–Kier alpha value is -2.78. The molecule has 1 aromatic heterocycles. The molecule has 0 N–H and O–H groups in total. The average molecular weight is 369 g/mol. The normalized spacial score (nSPS) is 15.4. The van der Waals surface area contributed by atoms with Crippen LogP contribution in [0.5, 0.6) is 0 Å². The zero-order chi connectivity index (χ0) is 19.1. The molecule has 1 aliphatic heterocycles. The molecule has 1 saturated heterocycles. The highest BCUT2D eigenvalue weighted by atomic mass is 19.4. The van der Waals surface area contributed by atoms with Crippen LogP contribution in [-0.2, 0) is 20.3 Å². The number of halogens is 3. The Labute approximate surface area is 146 Å². The summed E-state index contributed by atoms with van der Waals surface area (Å²) in [4.78, 5) is 27.5. The Kier molecular flexibility index (Phi) is 4.51. The lowest BCUT2D eigenvalue weighted by atomic mass is 10.1. The van der Waals surface area contributed by atoms with E-state index in [0.717, 1.165) is 21.4 Å². The van der Waals surface area contributed by atoms with Crippen molar-refractivity contribution in [3.8, 4) is 0 Å². The molecule has 0 saturated carbocycles. The van der Waals surface area contributed by atoms with Gasteiger partial charge in [0.05, 0.1) is 5.56 Å². The first-order valence-electron chi connectivity index (χ1n) is 8.00. The van der Waals surface area contributed by atoms with Gasteiger partial charge in [0.15, 0.2) is 0 Å². The highest BCUT2D eigenvalue weighted by molar-refractivity contribution is 5.51. The minimum Gasteiger partial charge on any atom is -0.368 e. The van der Waals surface area contributed by atoms with Crippen LogP contribution in [0, 0.1) is 0 Å². The lowest BCUT2D eigenvalue weighted by molar-refractivity contribution is -0.137. The minimum atomic E-state index is -4.39. The molecule has 0 atom stereocenters. The maximum Gasteiger partial charge on any atom is 0.416 e. The molecule has 1 aromatic carbocycles. The Bertz CT molecular complexity index is 927. The zero-order valence-electron chi connectivity index (χ0n) is 14.3. The molecule has 3 rings (SSSR count). The smallest absolute Gasteiger partial charge is 0.368 e. The van der Waals surface area contributed by atoms with E-state index in [1.54, 1.807) is 11.0 Å². The van der Waals surface area contributed by atoms with Crippen molar-refractivity contribution in [1.29, 1.82) is 0 Å². The van der Waals surface area contributed by atoms with E-state index in [9.17, 15) is 22.8 Å². The van der Waals surface area contributed by atoms with E-state index in [1.807, 2.05) is 4.90 Å². The van der Waals surface area contributed by atoms with Gasteiger partial charge < -0.3 is 9.80 Å². The summed E-state index contributed by atoms with van der Waals surface area (Å²) < 4.78 is 40.7. The van der Waals surface area contributed by atoms with E-state index in [2.05, 4.69) is 5.10 Å². The van der Waals surface area contributed by atoms with Crippen molar-refractivity contribution < 1.29 is 13.2 Å². The van der Waals surface area contributed by atoms with Crippen LogP contribution >= 0.6 is 0 Å². The van der Waals surface area contributed by atoms with Gasteiger partial charge in [0.1, 0.15) is 0 Å². The fourth-order valence-electron chi connectivity index (χ4n) is 2.94. The maximum absolute atomic E-state index is 12.9. The number of rotatable bonds is 2.